The third-order valence-electron chi connectivity index (χ3n) is 2.23. The predicted octanol–water partition coefficient (Wildman–Crippen LogP) is -0.844. The number of amides is 1. The zero-order valence-corrected chi connectivity index (χ0v) is 8.38. The van der Waals surface area contributed by atoms with Crippen LogP contribution in [0.5, 0.6) is 0 Å². The normalized spacial score (nSPS) is 21.3. The number of sulfonamides is 1. The van der Waals surface area contributed by atoms with E-state index in [2.05, 4.69) is 5.32 Å². The molecule has 0 saturated carbocycles. The van der Waals surface area contributed by atoms with Crippen molar-refractivity contribution in [3.63, 3.8) is 0 Å². The number of nitrogens with one attached hydrogen (secondary N) is 1. The number of carbonyl (C=O) groups excluding carboxylic acids is 1. The van der Waals surface area contributed by atoms with Crippen LogP contribution in [-0.4, -0.2) is 44.5 Å². The number of hydrogen-bond acceptors (Lipinski definition) is 3. The van der Waals surface area contributed by atoms with Crippen LogP contribution in [0.3, 0.4) is 0 Å². The molecule has 5 nitrogen and oxygen atoms in total. The Balaban J connectivity index is 2.43. The van der Waals surface area contributed by atoms with Crippen LogP contribution < -0.4 is 5.32 Å². The standard InChI is InChI=1S/C7H14N2O3S/c1-13(11,12)9-4-2-7(3-5-9)8-6-10/h6-7H,2-5H2,1H3,(H,8,10). The molecule has 0 radical (unpaired) electrons. The average Bonchev–Trinajstić information content (AvgIpc) is 2.04. The minimum Gasteiger partial charge on any atom is -0.356 e. The Hall–Kier alpha value is -0.620. The highest BCUT2D eigenvalue weighted by atomic mass is 32.2. The molecular weight excluding hydrogens is 192 g/mol. The Morgan fingerprint density at radius 3 is 2.31 bits per heavy atom. The first kappa shape index (κ1) is 10.5. The molecule has 0 aromatic rings. The van der Waals surface area contributed by atoms with E-state index in [0.29, 0.717) is 32.3 Å². The molecule has 1 aliphatic rings. The van der Waals surface area contributed by atoms with E-state index < -0.39 is 10.0 Å². The third kappa shape index (κ3) is 2.96. The Morgan fingerprint density at radius 2 is 1.92 bits per heavy atom. The van der Waals surface area contributed by atoms with Gasteiger partial charge in [0.25, 0.3) is 0 Å². The number of piperidine rings is 1. The summed E-state index contributed by atoms with van der Waals surface area (Å²) in [6, 6.07) is 0.135. The van der Waals surface area contributed by atoms with Crippen LogP contribution in [-0.2, 0) is 14.8 Å². The molecule has 1 N–H and O–H groups in total. The van der Waals surface area contributed by atoms with Crippen LogP contribution in [0.15, 0.2) is 0 Å². The van der Waals surface area contributed by atoms with Gasteiger partial charge < -0.3 is 5.32 Å². The van der Waals surface area contributed by atoms with E-state index in [-0.39, 0.29) is 6.04 Å². The lowest BCUT2D eigenvalue weighted by Crippen LogP contribution is -2.44. The molecule has 1 fully saturated rings. The summed E-state index contributed by atoms with van der Waals surface area (Å²) in [5, 5.41) is 2.65. The summed E-state index contributed by atoms with van der Waals surface area (Å²) < 4.78 is 23.6. The van der Waals surface area contributed by atoms with Crippen molar-refractivity contribution in [1.82, 2.24) is 9.62 Å². The second kappa shape index (κ2) is 4.06. The van der Waals surface area contributed by atoms with Gasteiger partial charge in [-0.25, -0.2) is 12.7 Å². The van der Waals surface area contributed by atoms with E-state index in [0.717, 1.165) is 0 Å². The Bertz CT molecular complexity index is 267. The molecule has 0 atom stereocenters. The summed E-state index contributed by atoms with van der Waals surface area (Å²) in [6.07, 6.45) is 3.28. The number of hydrogen-bond donors (Lipinski definition) is 1. The van der Waals surface area contributed by atoms with Crippen molar-refractivity contribution in [2.24, 2.45) is 0 Å². The number of rotatable bonds is 3. The van der Waals surface area contributed by atoms with Crippen molar-refractivity contribution >= 4 is 16.4 Å². The van der Waals surface area contributed by atoms with Crippen LogP contribution in [0.1, 0.15) is 12.8 Å². The minimum atomic E-state index is -3.05. The first-order valence-corrected chi connectivity index (χ1v) is 6.03. The summed E-state index contributed by atoms with van der Waals surface area (Å²) in [7, 11) is -3.05. The molecule has 0 aliphatic carbocycles. The van der Waals surface area contributed by atoms with Crippen molar-refractivity contribution in [2.75, 3.05) is 19.3 Å². The highest BCUT2D eigenvalue weighted by molar-refractivity contribution is 7.88. The van der Waals surface area contributed by atoms with E-state index >= 15 is 0 Å². The Labute approximate surface area is 78.2 Å². The van der Waals surface area contributed by atoms with Gasteiger partial charge in [0.15, 0.2) is 0 Å². The third-order valence-corrected chi connectivity index (χ3v) is 3.53. The van der Waals surface area contributed by atoms with Crippen LogP contribution in [0.2, 0.25) is 0 Å². The van der Waals surface area contributed by atoms with Crippen LogP contribution in [0, 0.1) is 0 Å². The molecule has 1 rings (SSSR count). The zero-order valence-electron chi connectivity index (χ0n) is 7.56. The largest absolute Gasteiger partial charge is 0.356 e. The SMILES string of the molecule is CS(=O)(=O)N1CCC(NC=O)CC1. The van der Waals surface area contributed by atoms with Gasteiger partial charge in [-0.3, -0.25) is 4.79 Å². The second-order valence-corrected chi connectivity index (χ2v) is 5.20. The van der Waals surface area contributed by atoms with Gasteiger partial charge in [0, 0.05) is 19.1 Å². The monoisotopic (exact) mass is 206 g/mol. The lowest BCUT2D eigenvalue weighted by atomic mass is 10.1. The lowest BCUT2D eigenvalue weighted by Gasteiger charge is -2.29. The molecule has 1 heterocycles. The predicted molar refractivity (Wildman–Crippen MR) is 48.6 cm³/mol. The molecule has 13 heavy (non-hydrogen) atoms. The zero-order chi connectivity index (χ0) is 9.90. The van der Waals surface area contributed by atoms with Gasteiger partial charge in [-0.15, -0.1) is 0 Å². The molecule has 6 heteroatoms. The maximum Gasteiger partial charge on any atom is 0.211 e. The molecule has 1 amide bonds. The smallest absolute Gasteiger partial charge is 0.211 e. The topological polar surface area (TPSA) is 66.5 Å². The fourth-order valence-electron chi connectivity index (χ4n) is 1.45. The van der Waals surface area contributed by atoms with Crippen molar-refractivity contribution in [3.05, 3.63) is 0 Å². The van der Waals surface area contributed by atoms with E-state index in [4.69, 9.17) is 0 Å². The van der Waals surface area contributed by atoms with Gasteiger partial charge in [0.1, 0.15) is 0 Å². The summed E-state index contributed by atoms with van der Waals surface area (Å²) in [5.41, 5.74) is 0. The first-order valence-electron chi connectivity index (χ1n) is 4.19. The second-order valence-electron chi connectivity index (χ2n) is 3.22. The number of carbonyl (C=O) groups is 1. The van der Waals surface area contributed by atoms with Crippen molar-refractivity contribution < 1.29 is 13.2 Å². The van der Waals surface area contributed by atoms with Gasteiger partial charge >= 0.3 is 0 Å². The minimum absolute atomic E-state index is 0.135. The first-order chi connectivity index (χ1) is 6.04. The summed E-state index contributed by atoms with van der Waals surface area (Å²) in [4.78, 5) is 10.1. The molecule has 0 aromatic heterocycles. The van der Waals surface area contributed by atoms with Crippen molar-refractivity contribution in [3.8, 4) is 0 Å². The highest BCUT2D eigenvalue weighted by Crippen LogP contribution is 2.12. The summed E-state index contributed by atoms with van der Waals surface area (Å²) in [6.45, 7) is 1.01. The van der Waals surface area contributed by atoms with E-state index in [1.165, 1.54) is 10.6 Å². The van der Waals surface area contributed by atoms with Gasteiger partial charge in [0.05, 0.1) is 6.26 Å². The Kier molecular flexibility index (Phi) is 3.27. The number of nitrogens with zero attached hydrogens (tertiary/aromatic N) is 1. The van der Waals surface area contributed by atoms with Gasteiger partial charge in [-0.05, 0) is 12.8 Å². The van der Waals surface area contributed by atoms with Crippen LogP contribution in [0.4, 0.5) is 0 Å². The fraction of sp³-hybridized carbons (Fsp3) is 0.857. The van der Waals surface area contributed by atoms with Crippen LogP contribution in [0.25, 0.3) is 0 Å². The maximum atomic E-state index is 11.1. The molecule has 0 aromatic carbocycles. The molecule has 0 spiro atoms. The van der Waals surface area contributed by atoms with E-state index in [9.17, 15) is 13.2 Å². The van der Waals surface area contributed by atoms with E-state index in [1.807, 2.05) is 0 Å². The average molecular weight is 206 g/mol. The molecular formula is C7H14N2O3S. The Morgan fingerprint density at radius 1 is 1.38 bits per heavy atom. The van der Waals surface area contributed by atoms with Gasteiger partial charge in [0.2, 0.25) is 16.4 Å². The maximum absolute atomic E-state index is 11.1. The quantitative estimate of drug-likeness (QED) is 0.612. The molecule has 0 bridgehead atoms. The van der Waals surface area contributed by atoms with Gasteiger partial charge in [-0.2, -0.15) is 0 Å². The van der Waals surface area contributed by atoms with Crippen molar-refractivity contribution in [2.45, 2.75) is 18.9 Å². The molecule has 1 aliphatic heterocycles. The lowest BCUT2D eigenvalue weighted by molar-refractivity contribution is -0.110. The summed E-state index contributed by atoms with van der Waals surface area (Å²) in [5.74, 6) is 0. The summed E-state index contributed by atoms with van der Waals surface area (Å²) >= 11 is 0. The van der Waals surface area contributed by atoms with E-state index in [1.54, 1.807) is 0 Å². The van der Waals surface area contributed by atoms with Crippen LogP contribution >= 0.6 is 0 Å². The molecule has 1 saturated heterocycles. The fourth-order valence-corrected chi connectivity index (χ4v) is 2.32. The molecule has 0 unspecified atom stereocenters. The van der Waals surface area contributed by atoms with Crippen molar-refractivity contribution in [1.29, 1.82) is 0 Å². The highest BCUT2D eigenvalue weighted by Gasteiger charge is 2.24. The van der Waals surface area contributed by atoms with Gasteiger partial charge in [-0.1, -0.05) is 0 Å². The molecule has 76 valence electrons.